The van der Waals surface area contributed by atoms with E-state index in [9.17, 15) is 9.18 Å². The lowest BCUT2D eigenvalue weighted by atomic mass is 10.1. The van der Waals surface area contributed by atoms with Gasteiger partial charge in [0, 0.05) is 6.54 Å². The summed E-state index contributed by atoms with van der Waals surface area (Å²) >= 11 is 0. The maximum atomic E-state index is 13.3. The molecule has 1 rings (SSSR count). The van der Waals surface area contributed by atoms with Crippen LogP contribution in [0.15, 0.2) is 18.2 Å². The topological polar surface area (TPSA) is 29.1 Å². The molecule has 0 heterocycles. The summed E-state index contributed by atoms with van der Waals surface area (Å²) in [5.74, 6) is -0.792. The summed E-state index contributed by atoms with van der Waals surface area (Å²) in [5, 5.41) is 2.69. The van der Waals surface area contributed by atoms with Gasteiger partial charge in [-0.2, -0.15) is 0 Å². The fourth-order valence-electron chi connectivity index (χ4n) is 1.29. The molecule has 2 nitrogen and oxygen atoms in total. The van der Waals surface area contributed by atoms with Crippen LogP contribution < -0.4 is 5.32 Å². The molecule has 0 bridgehead atoms. The van der Waals surface area contributed by atoms with Crippen molar-refractivity contribution in [2.75, 3.05) is 6.54 Å². The third-order valence-electron chi connectivity index (χ3n) is 2.18. The van der Waals surface area contributed by atoms with Crippen molar-refractivity contribution >= 4 is 5.91 Å². The molecule has 0 aliphatic heterocycles. The van der Waals surface area contributed by atoms with Crippen LogP contribution in [0.25, 0.3) is 0 Å². The Hall–Kier alpha value is -1.38. The molecule has 82 valence electrons. The van der Waals surface area contributed by atoms with Gasteiger partial charge in [0.05, 0.1) is 5.56 Å². The van der Waals surface area contributed by atoms with E-state index < -0.39 is 5.82 Å². The Morgan fingerprint density at radius 2 is 2.20 bits per heavy atom. The predicted molar refractivity (Wildman–Crippen MR) is 58.4 cm³/mol. The molecule has 1 aromatic carbocycles. The smallest absolute Gasteiger partial charge is 0.254 e. The zero-order valence-electron chi connectivity index (χ0n) is 9.14. The SMILES string of the molecule is CCCCNC(=O)c1cc(C)ccc1F. The molecule has 3 heteroatoms. The number of amides is 1. The Bertz CT molecular complexity index is 349. The number of hydrogen-bond acceptors (Lipinski definition) is 1. The molecule has 0 aromatic heterocycles. The molecule has 1 N–H and O–H groups in total. The Morgan fingerprint density at radius 1 is 1.47 bits per heavy atom. The van der Waals surface area contributed by atoms with Crippen molar-refractivity contribution in [1.29, 1.82) is 0 Å². The number of benzene rings is 1. The molecule has 0 spiro atoms. The zero-order valence-corrected chi connectivity index (χ0v) is 9.14. The molecule has 0 atom stereocenters. The van der Waals surface area contributed by atoms with Gasteiger partial charge in [-0.05, 0) is 25.5 Å². The molecular formula is C12H16FNO. The maximum absolute atomic E-state index is 13.3. The van der Waals surface area contributed by atoms with E-state index in [1.807, 2.05) is 13.8 Å². The summed E-state index contributed by atoms with van der Waals surface area (Å²) in [6, 6.07) is 4.54. The predicted octanol–water partition coefficient (Wildman–Crippen LogP) is 2.66. The van der Waals surface area contributed by atoms with Crippen LogP contribution in [0, 0.1) is 12.7 Å². The lowest BCUT2D eigenvalue weighted by Crippen LogP contribution is -2.25. The molecule has 0 radical (unpaired) electrons. The second kappa shape index (κ2) is 5.49. The van der Waals surface area contributed by atoms with E-state index in [4.69, 9.17) is 0 Å². The fourth-order valence-corrected chi connectivity index (χ4v) is 1.29. The van der Waals surface area contributed by atoms with Crippen LogP contribution >= 0.6 is 0 Å². The average molecular weight is 209 g/mol. The van der Waals surface area contributed by atoms with E-state index in [1.54, 1.807) is 12.1 Å². The summed E-state index contributed by atoms with van der Waals surface area (Å²) in [4.78, 5) is 11.5. The average Bonchev–Trinajstić information content (AvgIpc) is 2.22. The molecule has 1 aromatic rings. The van der Waals surface area contributed by atoms with Gasteiger partial charge in [-0.15, -0.1) is 0 Å². The highest BCUT2D eigenvalue weighted by molar-refractivity contribution is 5.94. The normalized spacial score (nSPS) is 10.1. The lowest BCUT2D eigenvalue weighted by Gasteiger charge is -2.05. The van der Waals surface area contributed by atoms with Gasteiger partial charge in [-0.3, -0.25) is 4.79 Å². The Balaban J connectivity index is 2.68. The van der Waals surface area contributed by atoms with E-state index in [0.717, 1.165) is 18.4 Å². The number of unbranched alkanes of at least 4 members (excludes halogenated alkanes) is 1. The first-order valence-corrected chi connectivity index (χ1v) is 5.19. The Labute approximate surface area is 89.5 Å². The highest BCUT2D eigenvalue weighted by Crippen LogP contribution is 2.09. The van der Waals surface area contributed by atoms with Crippen molar-refractivity contribution in [3.8, 4) is 0 Å². The van der Waals surface area contributed by atoms with Crippen LogP contribution in [0.5, 0.6) is 0 Å². The van der Waals surface area contributed by atoms with Crippen LogP contribution in [0.4, 0.5) is 4.39 Å². The molecule has 0 fully saturated rings. The van der Waals surface area contributed by atoms with Gasteiger partial charge in [-0.1, -0.05) is 25.0 Å². The summed E-state index contributed by atoms with van der Waals surface area (Å²) in [7, 11) is 0. The molecule has 0 aliphatic rings. The number of aryl methyl sites for hydroxylation is 1. The van der Waals surface area contributed by atoms with Crippen LogP contribution in [0.2, 0.25) is 0 Å². The van der Waals surface area contributed by atoms with Crippen LogP contribution in [0.1, 0.15) is 35.7 Å². The van der Waals surface area contributed by atoms with Crippen LogP contribution in [-0.2, 0) is 0 Å². The van der Waals surface area contributed by atoms with E-state index in [0.29, 0.717) is 6.54 Å². The maximum Gasteiger partial charge on any atom is 0.254 e. The highest BCUT2D eigenvalue weighted by atomic mass is 19.1. The van der Waals surface area contributed by atoms with Gasteiger partial charge in [-0.25, -0.2) is 4.39 Å². The number of nitrogens with one attached hydrogen (secondary N) is 1. The molecule has 1 amide bonds. The number of carbonyl (C=O) groups excluding carboxylic acids is 1. The summed E-state index contributed by atoms with van der Waals surface area (Å²) in [6.45, 7) is 4.48. The lowest BCUT2D eigenvalue weighted by molar-refractivity contribution is 0.0949. The molecule has 0 saturated carbocycles. The van der Waals surface area contributed by atoms with E-state index in [1.165, 1.54) is 6.07 Å². The van der Waals surface area contributed by atoms with Crippen molar-refractivity contribution in [3.63, 3.8) is 0 Å². The van der Waals surface area contributed by atoms with Gasteiger partial charge in [0.25, 0.3) is 5.91 Å². The molecule has 0 saturated heterocycles. The van der Waals surface area contributed by atoms with Crippen molar-refractivity contribution in [2.24, 2.45) is 0 Å². The minimum atomic E-state index is -0.463. The van der Waals surface area contributed by atoms with Crippen LogP contribution in [-0.4, -0.2) is 12.5 Å². The van der Waals surface area contributed by atoms with Gasteiger partial charge in [0.2, 0.25) is 0 Å². The van der Waals surface area contributed by atoms with Crippen molar-refractivity contribution in [3.05, 3.63) is 35.1 Å². The largest absolute Gasteiger partial charge is 0.352 e. The highest BCUT2D eigenvalue weighted by Gasteiger charge is 2.10. The second-order valence-corrected chi connectivity index (χ2v) is 3.59. The third kappa shape index (κ3) is 3.35. The van der Waals surface area contributed by atoms with E-state index >= 15 is 0 Å². The van der Waals surface area contributed by atoms with Crippen molar-refractivity contribution in [1.82, 2.24) is 5.32 Å². The zero-order chi connectivity index (χ0) is 11.3. The Morgan fingerprint density at radius 3 is 2.87 bits per heavy atom. The second-order valence-electron chi connectivity index (χ2n) is 3.59. The standard InChI is InChI=1S/C12H16FNO/c1-3-4-7-14-12(15)10-8-9(2)5-6-11(10)13/h5-6,8H,3-4,7H2,1-2H3,(H,14,15). The van der Waals surface area contributed by atoms with Crippen molar-refractivity contribution < 1.29 is 9.18 Å². The minimum Gasteiger partial charge on any atom is -0.352 e. The van der Waals surface area contributed by atoms with Gasteiger partial charge < -0.3 is 5.32 Å². The molecular weight excluding hydrogens is 193 g/mol. The van der Waals surface area contributed by atoms with Gasteiger partial charge in [0.1, 0.15) is 5.82 Å². The summed E-state index contributed by atoms with van der Waals surface area (Å²) < 4.78 is 13.3. The Kier molecular flexibility index (Phi) is 4.28. The molecule has 0 aliphatic carbocycles. The van der Waals surface area contributed by atoms with Crippen molar-refractivity contribution in [2.45, 2.75) is 26.7 Å². The summed E-state index contributed by atoms with van der Waals surface area (Å²) in [6.07, 6.45) is 1.93. The summed E-state index contributed by atoms with van der Waals surface area (Å²) in [5.41, 5.74) is 1.02. The first-order valence-electron chi connectivity index (χ1n) is 5.19. The van der Waals surface area contributed by atoms with E-state index in [2.05, 4.69) is 5.32 Å². The first-order chi connectivity index (χ1) is 7.15. The first kappa shape index (κ1) is 11.7. The molecule has 15 heavy (non-hydrogen) atoms. The van der Waals surface area contributed by atoms with Gasteiger partial charge >= 0.3 is 0 Å². The number of hydrogen-bond donors (Lipinski definition) is 1. The number of halogens is 1. The number of rotatable bonds is 4. The third-order valence-corrected chi connectivity index (χ3v) is 2.18. The quantitative estimate of drug-likeness (QED) is 0.759. The molecule has 0 unspecified atom stereocenters. The van der Waals surface area contributed by atoms with Gasteiger partial charge in [0.15, 0.2) is 0 Å². The minimum absolute atomic E-state index is 0.131. The van der Waals surface area contributed by atoms with E-state index in [-0.39, 0.29) is 11.5 Å². The fraction of sp³-hybridized carbons (Fsp3) is 0.417. The monoisotopic (exact) mass is 209 g/mol. The van der Waals surface area contributed by atoms with Crippen LogP contribution in [0.3, 0.4) is 0 Å². The number of carbonyl (C=O) groups is 1.